The number of anilines is 1. The van der Waals surface area contributed by atoms with Gasteiger partial charge in [-0.25, -0.2) is 9.07 Å². The van der Waals surface area contributed by atoms with Gasteiger partial charge >= 0.3 is 0 Å². The van der Waals surface area contributed by atoms with Crippen molar-refractivity contribution in [3.63, 3.8) is 0 Å². The van der Waals surface area contributed by atoms with Crippen molar-refractivity contribution in [2.45, 2.75) is 12.5 Å². The molecule has 3 heterocycles. The molecular weight excluding hydrogens is 421 g/mol. The van der Waals surface area contributed by atoms with Crippen LogP contribution in [0.5, 0.6) is 0 Å². The Labute approximate surface area is 183 Å². The zero-order chi connectivity index (χ0) is 22.0. The zero-order valence-electron chi connectivity index (χ0n) is 17.0. The molecule has 4 aromatic rings. The molecule has 0 fully saturated rings. The molecule has 0 saturated carbocycles. The van der Waals surface area contributed by atoms with Crippen LogP contribution in [0.4, 0.5) is 10.1 Å². The standard InChI is InChI=1S/C21H21ClFN7O/c1-29-19(11-26-28-29)14-10-27-30(12-14)18(7-8-31-2)17-6-3-13(9-25-17)20-16(24)5-4-15(22)21(20)23/h3-6,9-12,18H,7-8,24H2,1-2H3. The van der Waals surface area contributed by atoms with Crippen LogP contribution in [0, 0.1) is 5.82 Å². The number of nitrogens with zero attached hydrogens (tertiary/aromatic N) is 6. The highest BCUT2D eigenvalue weighted by atomic mass is 35.5. The van der Waals surface area contributed by atoms with Gasteiger partial charge in [-0.05, 0) is 24.6 Å². The van der Waals surface area contributed by atoms with Gasteiger partial charge in [0.15, 0.2) is 5.82 Å². The Balaban J connectivity index is 1.67. The third-order valence-electron chi connectivity index (χ3n) is 5.07. The number of aromatic nitrogens is 6. The van der Waals surface area contributed by atoms with Crippen LogP contribution in [0.2, 0.25) is 5.02 Å². The van der Waals surface area contributed by atoms with E-state index in [1.54, 1.807) is 42.5 Å². The van der Waals surface area contributed by atoms with Gasteiger partial charge in [0.05, 0.1) is 34.8 Å². The van der Waals surface area contributed by atoms with Crippen LogP contribution >= 0.6 is 11.6 Å². The smallest absolute Gasteiger partial charge is 0.151 e. The van der Waals surface area contributed by atoms with Crippen molar-refractivity contribution in [2.24, 2.45) is 7.05 Å². The highest BCUT2D eigenvalue weighted by Gasteiger charge is 2.19. The summed E-state index contributed by atoms with van der Waals surface area (Å²) < 4.78 is 23.3. The summed E-state index contributed by atoms with van der Waals surface area (Å²) in [6.07, 6.45) is 7.61. The first-order valence-electron chi connectivity index (χ1n) is 9.57. The van der Waals surface area contributed by atoms with Crippen molar-refractivity contribution in [1.29, 1.82) is 0 Å². The predicted octanol–water partition coefficient (Wildman–Crippen LogP) is 3.74. The lowest BCUT2D eigenvalue weighted by molar-refractivity contribution is 0.181. The lowest BCUT2D eigenvalue weighted by Crippen LogP contribution is -2.15. The molecule has 0 aliphatic heterocycles. The van der Waals surface area contributed by atoms with Crippen molar-refractivity contribution < 1.29 is 9.13 Å². The number of nitrogen functional groups attached to an aromatic ring is 1. The van der Waals surface area contributed by atoms with Crippen LogP contribution in [0.15, 0.2) is 49.1 Å². The van der Waals surface area contributed by atoms with Crippen LogP contribution in [0.25, 0.3) is 22.4 Å². The van der Waals surface area contributed by atoms with E-state index in [2.05, 4.69) is 20.4 Å². The summed E-state index contributed by atoms with van der Waals surface area (Å²) in [5.41, 5.74) is 9.57. The lowest BCUT2D eigenvalue weighted by atomic mass is 10.0. The van der Waals surface area contributed by atoms with Gasteiger partial charge in [-0.1, -0.05) is 22.9 Å². The average Bonchev–Trinajstić information content (AvgIpc) is 3.41. The van der Waals surface area contributed by atoms with E-state index in [0.717, 1.165) is 17.0 Å². The molecule has 31 heavy (non-hydrogen) atoms. The van der Waals surface area contributed by atoms with Crippen LogP contribution in [0.3, 0.4) is 0 Å². The maximum absolute atomic E-state index is 14.5. The normalized spacial score (nSPS) is 12.3. The minimum absolute atomic E-state index is 0.0139. The number of hydrogen-bond donors (Lipinski definition) is 1. The quantitative estimate of drug-likeness (QED) is 0.439. The van der Waals surface area contributed by atoms with Crippen molar-refractivity contribution in [3.05, 3.63) is 65.6 Å². The molecule has 10 heteroatoms. The third-order valence-corrected chi connectivity index (χ3v) is 5.36. The Bertz CT molecular complexity index is 1190. The molecule has 1 unspecified atom stereocenters. The van der Waals surface area contributed by atoms with Crippen molar-refractivity contribution in [3.8, 4) is 22.4 Å². The van der Waals surface area contributed by atoms with Gasteiger partial charge in [0.25, 0.3) is 0 Å². The number of benzene rings is 1. The Morgan fingerprint density at radius 1 is 1.16 bits per heavy atom. The second-order valence-electron chi connectivity index (χ2n) is 7.05. The van der Waals surface area contributed by atoms with Crippen LogP contribution in [-0.4, -0.2) is 43.5 Å². The third kappa shape index (κ3) is 4.14. The fourth-order valence-corrected chi connectivity index (χ4v) is 3.60. The van der Waals surface area contributed by atoms with Crippen LogP contribution < -0.4 is 5.73 Å². The number of ether oxygens (including phenoxy) is 1. The molecule has 0 bridgehead atoms. The first-order chi connectivity index (χ1) is 15.0. The van der Waals surface area contributed by atoms with Gasteiger partial charge in [0.2, 0.25) is 0 Å². The molecule has 1 aromatic carbocycles. The van der Waals surface area contributed by atoms with E-state index in [-0.39, 0.29) is 16.6 Å². The average molecular weight is 442 g/mol. The Kier molecular flexibility index (Phi) is 5.97. The molecule has 0 aliphatic carbocycles. The van der Waals surface area contributed by atoms with Gasteiger partial charge < -0.3 is 10.5 Å². The van der Waals surface area contributed by atoms with E-state index in [1.165, 1.54) is 6.07 Å². The maximum atomic E-state index is 14.5. The van der Waals surface area contributed by atoms with E-state index in [9.17, 15) is 4.39 Å². The van der Waals surface area contributed by atoms with Crippen molar-refractivity contribution >= 4 is 17.3 Å². The van der Waals surface area contributed by atoms with Gasteiger partial charge in [0, 0.05) is 55.5 Å². The second-order valence-corrected chi connectivity index (χ2v) is 7.45. The number of pyridine rings is 1. The number of nitrogens with two attached hydrogens (primary N) is 1. The summed E-state index contributed by atoms with van der Waals surface area (Å²) >= 11 is 5.92. The minimum atomic E-state index is -0.561. The van der Waals surface area contributed by atoms with Gasteiger partial charge in [-0.15, -0.1) is 5.10 Å². The first kappa shape index (κ1) is 21.0. The molecule has 0 spiro atoms. The van der Waals surface area contributed by atoms with E-state index in [4.69, 9.17) is 22.1 Å². The van der Waals surface area contributed by atoms with Gasteiger partial charge in [0.1, 0.15) is 0 Å². The lowest BCUT2D eigenvalue weighted by Gasteiger charge is -2.17. The number of aryl methyl sites for hydroxylation is 1. The summed E-state index contributed by atoms with van der Waals surface area (Å²) in [5.74, 6) is -0.561. The van der Waals surface area contributed by atoms with E-state index < -0.39 is 5.82 Å². The fraction of sp³-hybridized carbons (Fsp3) is 0.238. The molecule has 0 saturated heterocycles. The molecule has 2 N–H and O–H groups in total. The predicted molar refractivity (Wildman–Crippen MR) is 116 cm³/mol. The first-order valence-corrected chi connectivity index (χ1v) is 9.95. The topological polar surface area (TPSA) is 96.7 Å². The van der Waals surface area contributed by atoms with Crippen molar-refractivity contribution in [2.75, 3.05) is 19.5 Å². The van der Waals surface area contributed by atoms with Gasteiger partial charge in [-0.2, -0.15) is 5.10 Å². The van der Waals surface area contributed by atoms with Crippen LogP contribution in [-0.2, 0) is 11.8 Å². The molecule has 1 atom stereocenters. The Morgan fingerprint density at radius 2 is 2.00 bits per heavy atom. The molecule has 8 nitrogen and oxygen atoms in total. The largest absolute Gasteiger partial charge is 0.398 e. The highest BCUT2D eigenvalue weighted by molar-refractivity contribution is 6.31. The molecule has 0 amide bonds. The molecule has 3 aromatic heterocycles. The molecular formula is C21H21ClFN7O. The van der Waals surface area contributed by atoms with E-state index >= 15 is 0 Å². The zero-order valence-corrected chi connectivity index (χ0v) is 17.8. The SMILES string of the molecule is COCCC(c1ccc(-c2c(N)ccc(Cl)c2F)cn1)n1cc(-c2cnnn2C)cn1. The summed E-state index contributed by atoms with van der Waals surface area (Å²) in [5, 5.41) is 12.4. The van der Waals surface area contributed by atoms with E-state index in [1.807, 2.05) is 24.0 Å². The maximum Gasteiger partial charge on any atom is 0.151 e. The number of methoxy groups -OCH3 is 1. The summed E-state index contributed by atoms with van der Waals surface area (Å²) in [6, 6.07) is 6.45. The number of hydrogen-bond acceptors (Lipinski definition) is 6. The second kappa shape index (κ2) is 8.83. The number of halogens is 2. The Hall–Kier alpha value is -3.30. The molecule has 0 radical (unpaired) electrons. The van der Waals surface area contributed by atoms with Crippen molar-refractivity contribution in [1.82, 2.24) is 29.8 Å². The summed E-state index contributed by atoms with van der Waals surface area (Å²) in [7, 11) is 3.47. The van der Waals surface area contributed by atoms with Gasteiger partial charge in [-0.3, -0.25) is 9.67 Å². The van der Waals surface area contributed by atoms with E-state index in [0.29, 0.717) is 24.3 Å². The highest BCUT2D eigenvalue weighted by Crippen LogP contribution is 2.33. The minimum Gasteiger partial charge on any atom is -0.398 e. The molecule has 160 valence electrons. The molecule has 4 rings (SSSR count). The fourth-order valence-electron chi connectivity index (χ4n) is 3.45. The number of rotatable bonds is 7. The summed E-state index contributed by atoms with van der Waals surface area (Å²) in [6.45, 7) is 0.520. The Morgan fingerprint density at radius 3 is 2.68 bits per heavy atom. The summed E-state index contributed by atoms with van der Waals surface area (Å²) in [4.78, 5) is 4.57. The van der Waals surface area contributed by atoms with Crippen LogP contribution in [0.1, 0.15) is 18.2 Å². The molecule has 0 aliphatic rings. The monoisotopic (exact) mass is 441 g/mol.